The first kappa shape index (κ1) is 14.1. The summed E-state index contributed by atoms with van der Waals surface area (Å²) >= 11 is 0. The van der Waals surface area contributed by atoms with Crippen LogP contribution < -0.4 is 0 Å². The molecule has 2 atom stereocenters. The zero-order valence-electron chi connectivity index (χ0n) is 12.9. The van der Waals surface area contributed by atoms with Crippen molar-refractivity contribution in [3.05, 3.63) is 35.4 Å². The van der Waals surface area contributed by atoms with Crippen molar-refractivity contribution >= 4 is 0 Å². The van der Waals surface area contributed by atoms with Gasteiger partial charge in [0.2, 0.25) is 0 Å². The molecule has 0 amide bonds. The van der Waals surface area contributed by atoms with Gasteiger partial charge in [0.15, 0.2) is 0 Å². The molecule has 0 radical (unpaired) electrons. The minimum atomic E-state index is -0.585. The van der Waals surface area contributed by atoms with Gasteiger partial charge in [-0.1, -0.05) is 57.4 Å². The van der Waals surface area contributed by atoms with E-state index in [4.69, 9.17) is 0 Å². The van der Waals surface area contributed by atoms with E-state index in [2.05, 4.69) is 38.1 Å². The number of rotatable bonds is 3. The normalized spacial score (nSPS) is 31.3. The van der Waals surface area contributed by atoms with Crippen molar-refractivity contribution in [1.82, 2.24) is 0 Å². The van der Waals surface area contributed by atoms with Gasteiger partial charge >= 0.3 is 0 Å². The van der Waals surface area contributed by atoms with E-state index in [-0.39, 0.29) is 0 Å². The molecule has 2 aliphatic rings. The Kier molecular flexibility index (Phi) is 3.90. The molecule has 0 saturated heterocycles. The molecule has 20 heavy (non-hydrogen) atoms. The fraction of sp³-hybridized carbons (Fsp3) is 0.684. The second-order valence-corrected chi connectivity index (χ2v) is 7.24. The van der Waals surface area contributed by atoms with Gasteiger partial charge in [0.1, 0.15) is 0 Å². The Morgan fingerprint density at radius 2 is 1.80 bits per heavy atom. The summed E-state index contributed by atoms with van der Waals surface area (Å²) < 4.78 is 0. The van der Waals surface area contributed by atoms with Crippen molar-refractivity contribution < 1.29 is 5.11 Å². The van der Waals surface area contributed by atoms with Crippen LogP contribution in [0.2, 0.25) is 0 Å². The molecule has 0 heterocycles. The topological polar surface area (TPSA) is 20.2 Å². The molecule has 0 spiro atoms. The fourth-order valence-corrected chi connectivity index (χ4v) is 4.37. The number of hydrogen-bond acceptors (Lipinski definition) is 1. The van der Waals surface area contributed by atoms with E-state index in [0.717, 1.165) is 6.42 Å². The molecular formula is C19H28O. The van der Waals surface area contributed by atoms with Crippen molar-refractivity contribution in [2.24, 2.45) is 11.8 Å². The Morgan fingerprint density at radius 3 is 2.45 bits per heavy atom. The van der Waals surface area contributed by atoms with Crippen molar-refractivity contribution in [2.75, 3.05) is 0 Å². The highest BCUT2D eigenvalue weighted by Gasteiger charge is 2.43. The van der Waals surface area contributed by atoms with E-state index in [9.17, 15) is 5.11 Å². The first-order valence-electron chi connectivity index (χ1n) is 8.44. The predicted molar refractivity (Wildman–Crippen MR) is 83.7 cm³/mol. The molecule has 1 aromatic carbocycles. The van der Waals surface area contributed by atoms with Crippen LogP contribution in [0.1, 0.15) is 75.8 Å². The van der Waals surface area contributed by atoms with Crippen LogP contribution in [-0.2, 0) is 5.60 Å². The Bertz CT molecular complexity index is 461. The highest BCUT2D eigenvalue weighted by atomic mass is 16.3. The highest BCUT2D eigenvalue weighted by Crippen LogP contribution is 2.49. The second-order valence-electron chi connectivity index (χ2n) is 7.24. The van der Waals surface area contributed by atoms with Gasteiger partial charge in [0.05, 0.1) is 5.60 Å². The summed E-state index contributed by atoms with van der Waals surface area (Å²) in [6, 6.07) is 8.73. The van der Waals surface area contributed by atoms with Crippen molar-refractivity contribution in [1.29, 1.82) is 0 Å². The van der Waals surface area contributed by atoms with Gasteiger partial charge in [-0.3, -0.25) is 0 Å². The van der Waals surface area contributed by atoms with Crippen LogP contribution >= 0.6 is 0 Å². The molecule has 2 fully saturated rings. The summed E-state index contributed by atoms with van der Waals surface area (Å²) in [6.07, 6.45) is 8.52. The van der Waals surface area contributed by atoms with E-state index in [1.807, 2.05) is 0 Å². The van der Waals surface area contributed by atoms with Crippen molar-refractivity contribution in [3.8, 4) is 0 Å². The Labute approximate surface area is 123 Å². The maximum absolute atomic E-state index is 11.5. The van der Waals surface area contributed by atoms with Gasteiger partial charge in [-0.25, -0.2) is 0 Å². The number of hydrogen-bond donors (Lipinski definition) is 1. The number of aliphatic hydroxyl groups is 1. The lowest BCUT2D eigenvalue weighted by molar-refractivity contribution is -0.0731. The smallest absolute Gasteiger partial charge is 0.0929 e. The third-order valence-electron chi connectivity index (χ3n) is 5.71. The van der Waals surface area contributed by atoms with E-state index >= 15 is 0 Å². The van der Waals surface area contributed by atoms with Gasteiger partial charge in [0.25, 0.3) is 0 Å². The van der Waals surface area contributed by atoms with Crippen LogP contribution in [0.3, 0.4) is 0 Å². The summed E-state index contributed by atoms with van der Waals surface area (Å²) in [5.41, 5.74) is 2.11. The lowest BCUT2D eigenvalue weighted by atomic mass is 9.64. The molecule has 1 aromatic rings. The lowest BCUT2D eigenvalue weighted by Gasteiger charge is -2.45. The van der Waals surface area contributed by atoms with Gasteiger partial charge < -0.3 is 5.11 Å². The van der Waals surface area contributed by atoms with E-state index in [1.165, 1.54) is 49.7 Å². The van der Waals surface area contributed by atoms with Crippen LogP contribution in [0.4, 0.5) is 0 Å². The highest BCUT2D eigenvalue weighted by molar-refractivity contribution is 5.37. The zero-order valence-corrected chi connectivity index (χ0v) is 12.9. The van der Waals surface area contributed by atoms with Crippen molar-refractivity contribution in [2.45, 2.75) is 70.3 Å². The third kappa shape index (κ3) is 2.30. The van der Waals surface area contributed by atoms with Gasteiger partial charge in [-0.05, 0) is 54.6 Å². The van der Waals surface area contributed by atoms with E-state index in [1.54, 1.807) is 0 Å². The molecule has 0 aromatic heterocycles. The molecule has 1 nitrogen and oxygen atoms in total. The first-order valence-corrected chi connectivity index (χ1v) is 8.44. The summed E-state index contributed by atoms with van der Waals surface area (Å²) in [5, 5.41) is 11.5. The summed E-state index contributed by atoms with van der Waals surface area (Å²) in [5.74, 6) is 1.66. The molecule has 110 valence electrons. The van der Waals surface area contributed by atoms with E-state index in [0.29, 0.717) is 17.8 Å². The summed E-state index contributed by atoms with van der Waals surface area (Å²) in [4.78, 5) is 0. The quantitative estimate of drug-likeness (QED) is 0.822. The Balaban J connectivity index is 2.00. The molecule has 2 aliphatic carbocycles. The molecule has 1 N–H and O–H groups in total. The average molecular weight is 272 g/mol. The minimum absolute atomic E-state index is 0.414. The van der Waals surface area contributed by atoms with Crippen LogP contribution in [-0.4, -0.2) is 5.11 Å². The maximum Gasteiger partial charge on any atom is 0.0929 e. The molecule has 3 rings (SSSR count). The minimum Gasteiger partial charge on any atom is -0.385 e. The summed E-state index contributed by atoms with van der Waals surface area (Å²) in [7, 11) is 0. The van der Waals surface area contributed by atoms with Crippen LogP contribution in [0.25, 0.3) is 0 Å². The van der Waals surface area contributed by atoms with Gasteiger partial charge in [-0.2, -0.15) is 0 Å². The Morgan fingerprint density at radius 1 is 1.05 bits per heavy atom. The molecule has 0 bridgehead atoms. The second kappa shape index (κ2) is 5.52. The monoisotopic (exact) mass is 272 g/mol. The average Bonchev–Trinajstić information content (AvgIpc) is 2.37. The molecular weight excluding hydrogens is 244 g/mol. The van der Waals surface area contributed by atoms with Gasteiger partial charge in [-0.15, -0.1) is 0 Å². The SMILES string of the molecule is CC(C)C1CCCCC1(O)c1ccccc1C1CCC1. The largest absolute Gasteiger partial charge is 0.385 e. The van der Waals surface area contributed by atoms with Crippen molar-refractivity contribution in [3.63, 3.8) is 0 Å². The summed E-state index contributed by atoms with van der Waals surface area (Å²) in [6.45, 7) is 4.54. The zero-order chi connectivity index (χ0) is 14.2. The van der Waals surface area contributed by atoms with Crippen LogP contribution in [0, 0.1) is 11.8 Å². The fourth-order valence-electron chi connectivity index (χ4n) is 4.37. The molecule has 1 heteroatoms. The molecule has 2 unspecified atom stereocenters. The molecule has 0 aliphatic heterocycles. The molecule has 2 saturated carbocycles. The maximum atomic E-state index is 11.5. The standard InChI is InChI=1S/C19H28O/c1-14(2)17-11-5-6-13-19(17,20)18-12-4-3-10-16(18)15-8-7-9-15/h3-4,10,12,14-15,17,20H,5-9,11,13H2,1-2H3. The van der Waals surface area contributed by atoms with Gasteiger partial charge in [0, 0.05) is 0 Å². The lowest BCUT2D eigenvalue weighted by Crippen LogP contribution is -2.41. The van der Waals surface area contributed by atoms with E-state index < -0.39 is 5.60 Å². The first-order chi connectivity index (χ1) is 9.63. The van der Waals surface area contributed by atoms with Crippen LogP contribution in [0.15, 0.2) is 24.3 Å². The van der Waals surface area contributed by atoms with Crippen LogP contribution in [0.5, 0.6) is 0 Å². The Hall–Kier alpha value is -0.820. The number of benzene rings is 1. The predicted octanol–water partition coefficient (Wildman–Crippen LogP) is 4.99. The third-order valence-corrected chi connectivity index (χ3v) is 5.71.